The lowest BCUT2D eigenvalue weighted by Crippen LogP contribution is -2.01. The van der Waals surface area contributed by atoms with Crippen molar-refractivity contribution in [2.24, 2.45) is 0 Å². The van der Waals surface area contributed by atoms with Crippen LogP contribution in [0.4, 0.5) is 11.6 Å². The summed E-state index contributed by atoms with van der Waals surface area (Å²) in [6.07, 6.45) is 2.89. The second kappa shape index (κ2) is 5.21. The minimum atomic E-state index is 0.528. The number of nitrogens with one attached hydrogen (secondary N) is 2. The van der Waals surface area contributed by atoms with Crippen molar-refractivity contribution < 1.29 is 0 Å². The standard InChI is InChI=1S/C15H17N5/c1-2-6-17-14-9-11(5-7-18-14)10-3-4-13-12(8-10)15(16)20-19-13/h3-5,7-9H,2,6H2,1H3,(H,17,18)(H3,16,19,20). The van der Waals surface area contributed by atoms with Crippen LogP contribution >= 0.6 is 0 Å². The molecule has 0 radical (unpaired) electrons. The van der Waals surface area contributed by atoms with E-state index in [9.17, 15) is 0 Å². The average molecular weight is 267 g/mol. The van der Waals surface area contributed by atoms with Gasteiger partial charge in [0.15, 0.2) is 5.82 Å². The maximum atomic E-state index is 5.85. The second-order valence-corrected chi connectivity index (χ2v) is 4.73. The largest absolute Gasteiger partial charge is 0.382 e. The summed E-state index contributed by atoms with van der Waals surface area (Å²) in [6, 6.07) is 10.1. The number of H-pyrrole nitrogens is 1. The van der Waals surface area contributed by atoms with E-state index >= 15 is 0 Å². The third-order valence-corrected chi connectivity index (χ3v) is 3.24. The van der Waals surface area contributed by atoms with Gasteiger partial charge >= 0.3 is 0 Å². The molecule has 2 aromatic heterocycles. The van der Waals surface area contributed by atoms with Crippen molar-refractivity contribution in [3.05, 3.63) is 36.5 Å². The Hall–Kier alpha value is -2.56. The molecule has 0 unspecified atom stereocenters. The number of aromatic nitrogens is 3. The Bertz CT molecular complexity index is 732. The van der Waals surface area contributed by atoms with Crippen molar-refractivity contribution in [2.45, 2.75) is 13.3 Å². The summed E-state index contributed by atoms with van der Waals surface area (Å²) in [7, 11) is 0. The van der Waals surface area contributed by atoms with Crippen LogP contribution in [0, 0.1) is 0 Å². The Morgan fingerprint density at radius 1 is 1.20 bits per heavy atom. The second-order valence-electron chi connectivity index (χ2n) is 4.73. The Morgan fingerprint density at radius 3 is 2.90 bits per heavy atom. The molecular formula is C15H17N5. The zero-order chi connectivity index (χ0) is 13.9. The number of fused-ring (bicyclic) bond motifs is 1. The molecule has 0 bridgehead atoms. The quantitative estimate of drug-likeness (QED) is 0.678. The predicted octanol–water partition coefficient (Wildman–Crippen LogP) is 3.03. The number of hydrogen-bond donors (Lipinski definition) is 3. The van der Waals surface area contributed by atoms with Gasteiger partial charge in [0.05, 0.1) is 5.52 Å². The molecule has 0 aliphatic heterocycles. The third kappa shape index (κ3) is 2.30. The van der Waals surface area contributed by atoms with E-state index in [4.69, 9.17) is 5.73 Å². The molecule has 102 valence electrons. The van der Waals surface area contributed by atoms with Crippen LogP contribution in [0.2, 0.25) is 0 Å². The van der Waals surface area contributed by atoms with Gasteiger partial charge in [-0.3, -0.25) is 5.10 Å². The van der Waals surface area contributed by atoms with Gasteiger partial charge in [-0.25, -0.2) is 4.98 Å². The van der Waals surface area contributed by atoms with Crippen LogP contribution in [0.1, 0.15) is 13.3 Å². The molecule has 0 fully saturated rings. The summed E-state index contributed by atoms with van der Waals surface area (Å²) in [4.78, 5) is 4.32. The molecule has 0 atom stereocenters. The van der Waals surface area contributed by atoms with Crippen molar-refractivity contribution in [3.8, 4) is 11.1 Å². The fraction of sp³-hybridized carbons (Fsp3) is 0.200. The number of anilines is 2. The van der Waals surface area contributed by atoms with E-state index in [0.717, 1.165) is 40.8 Å². The van der Waals surface area contributed by atoms with Crippen LogP contribution in [-0.2, 0) is 0 Å². The summed E-state index contributed by atoms with van der Waals surface area (Å²) < 4.78 is 0. The number of rotatable bonds is 4. The van der Waals surface area contributed by atoms with E-state index in [1.807, 2.05) is 30.5 Å². The van der Waals surface area contributed by atoms with E-state index in [0.29, 0.717) is 5.82 Å². The van der Waals surface area contributed by atoms with E-state index in [1.54, 1.807) is 0 Å². The Balaban J connectivity index is 1.99. The summed E-state index contributed by atoms with van der Waals surface area (Å²) in [5.41, 5.74) is 9.02. The van der Waals surface area contributed by atoms with Crippen molar-refractivity contribution in [2.75, 3.05) is 17.6 Å². The number of hydrogen-bond acceptors (Lipinski definition) is 4. The Kier molecular flexibility index (Phi) is 3.25. The fourth-order valence-corrected chi connectivity index (χ4v) is 2.17. The number of nitrogens with two attached hydrogens (primary N) is 1. The van der Waals surface area contributed by atoms with Gasteiger partial charge in [-0.2, -0.15) is 5.10 Å². The van der Waals surface area contributed by atoms with Gasteiger partial charge in [-0.1, -0.05) is 13.0 Å². The van der Waals surface area contributed by atoms with Gasteiger partial charge < -0.3 is 11.1 Å². The van der Waals surface area contributed by atoms with Gasteiger partial charge in [0.2, 0.25) is 0 Å². The molecule has 20 heavy (non-hydrogen) atoms. The Labute approximate surface area is 117 Å². The van der Waals surface area contributed by atoms with Crippen molar-refractivity contribution in [3.63, 3.8) is 0 Å². The van der Waals surface area contributed by atoms with Crippen LogP contribution in [0.3, 0.4) is 0 Å². The summed E-state index contributed by atoms with van der Waals surface area (Å²) >= 11 is 0. The summed E-state index contributed by atoms with van der Waals surface area (Å²) in [5.74, 6) is 1.42. The zero-order valence-corrected chi connectivity index (χ0v) is 11.4. The topological polar surface area (TPSA) is 79.6 Å². The van der Waals surface area contributed by atoms with Crippen LogP contribution in [0.25, 0.3) is 22.0 Å². The first kappa shape index (κ1) is 12.5. The molecule has 0 aliphatic rings. The molecule has 4 N–H and O–H groups in total. The lowest BCUT2D eigenvalue weighted by Gasteiger charge is -2.07. The monoisotopic (exact) mass is 267 g/mol. The van der Waals surface area contributed by atoms with Crippen molar-refractivity contribution in [1.82, 2.24) is 15.2 Å². The van der Waals surface area contributed by atoms with E-state index in [2.05, 4.69) is 33.5 Å². The highest BCUT2D eigenvalue weighted by Gasteiger charge is 2.05. The molecule has 0 aliphatic carbocycles. The molecule has 5 heteroatoms. The smallest absolute Gasteiger partial charge is 0.153 e. The van der Waals surface area contributed by atoms with Crippen molar-refractivity contribution >= 4 is 22.5 Å². The molecule has 5 nitrogen and oxygen atoms in total. The van der Waals surface area contributed by atoms with Gasteiger partial charge in [0.1, 0.15) is 5.82 Å². The first-order valence-corrected chi connectivity index (χ1v) is 6.72. The lowest BCUT2D eigenvalue weighted by molar-refractivity contribution is 0.969. The van der Waals surface area contributed by atoms with Crippen LogP contribution < -0.4 is 11.1 Å². The van der Waals surface area contributed by atoms with Gasteiger partial charge in [0.25, 0.3) is 0 Å². The predicted molar refractivity (Wildman–Crippen MR) is 82.5 cm³/mol. The molecule has 0 saturated carbocycles. The third-order valence-electron chi connectivity index (χ3n) is 3.24. The number of aromatic amines is 1. The van der Waals surface area contributed by atoms with Crippen LogP contribution in [0.15, 0.2) is 36.5 Å². The molecule has 3 aromatic rings. The first-order chi connectivity index (χ1) is 9.78. The molecular weight excluding hydrogens is 250 g/mol. The van der Waals surface area contributed by atoms with Crippen LogP contribution in [-0.4, -0.2) is 21.7 Å². The van der Waals surface area contributed by atoms with E-state index in [-0.39, 0.29) is 0 Å². The molecule has 0 spiro atoms. The minimum absolute atomic E-state index is 0.528. The number of nitrogens with zero attached hydrogens (tertiary/aromatic N) is 2. The number of pyridine rings is 1. The fourth-order valence-electron chi connectivity index (χ4n) is 2.17. The highest BCUT2D eigenvalue weighted by Crippen LogP contribution is 2.27. The number of benzene rings is 1. The first-order valence-electron chi connectivity index (χ1n) is 6.72. The maximum absolute atomic E-state index is 5.85. The molecule has 3 rings (SSSR count). The molecule has 1 aromatic carbocycles. The molecule has 2 heterocycles. The van der Waals surface area contributed by atoms with Gasteiger partial charge in [-0.05, 0) is 41.8 Å². The van der Waals surface area contributed by atoms with Crippen LogP contribution in [0.5, 0.6) is 0 Å². The van der Waals surface area contributed by atoms with Gasteiger partial charge in [0, 0.05) is 18.1 Å². The highest BCUT2D eigenvalue weighted by atomic mass is 15.1. The molecule has 0 saturated heterocycles. The Morgan fingerprint density at radius 2 is 2.05 bits per heavy atom. The normalized spacial score (nSPS) is 10.8. The van der Waals surface area contributed by atoms with E-state index in [1.165, 1.54) is 0 Å². The summed E-state index contributed by atoms with van der Waals surface area (Å²) in [5, 5.41) is 11.2. The highest BCUT2D eigenvalue weighted by molar-refractivity contribution is 5.92. The van der Waals surface area contributed by atoms with E-state index < -0.39 is 0 Å². The SMILES string of the molecule is CCCNc1cc(-c2ccc3[nH]nc(N)c3c2)ccn1. The summed E-state index contributed by atoms with van der Waals surface area (Å²) in [6.45, 7) is 3.05. The maximum Gasteiger partial charge on any atom is 0.153 e. The molecule has 0 amide bonds. The number of nitrogen functional groups attached to an aromatic ring is 1. The van der Waals surface area contributed by atoms with Crippen molar-refractivity contribution in [1.29, 1.82) is 0 Å². The lowest BCUT2D eigenvalue weighted by atomic mass is 10.0. The average Bonchev–Trinajstić information content (AvgIpc) is 2.86. The minimum Gasteiger partial charge on any atom is -0.382 e. The van der Waals surface area contributed by atoms with Gasteiger partial charge in [-0.15, -0.1) is 0 Å². The zero-order valence-electron chi connectivity index (χ0n) is 11.4.